The third-order valence-electron chi connectivity index (χ3n) is 2.13. The van der Waals surface area contributed by atoms with Crippen molar-refractivity contribution < 1.29 is 5.11 Å². The van der Waals surface area contributed by atoms with E-state index in [4.69, 9.17) is 0 Å². The molecule has 0 fully saturated rings. The van der Waals surface area contributed by atoms with Crippen molar-refractivity contribution in [1.29, 1.82) is 0 Å². The number of aliphatic hydroxyl groups excluding tert-OH is 1. The van der Waals surface area contributed by atoms with Gasteiger partial charge in [0.15, 0.2) is 0 Å². The Morgan fingerprint density at radius 1 is 1.62 bits per heavy atom. The van der Waals surface area contributed by atoms with Gasteiger partial charge in [0.25, 0.3) is 0 Å². The van der Waals surface area contributed by atoms with Crippen molar-refractivity contribution >= 4 is 11.3 Å². The molecule has 1 aromatic rings. The highest BCUT2D eigenvalue weighted by atomic mass is 32.1. The van der Waals surface area contributed by atoms with Gasteiger partial charge in [-0.2, -0.15) is 0 Å². The lowest BCUT2D eigenvalue weighted by Gasteiger charge is -2.25. The first kappa shape index (κ1) is 8.94. The lowest BCUT2D eigenvalue weighted by atomic mass is 10.2. The zero-order valence-electron chi connectivity index (χ0n) is 7.39. The summed E-state index contributed by atoms with van der Waals surface area (Å²) >= 11 is 1.77. The molecule has 1 aliphatic heterocycles. The second kappa shape index (κ2) is 4.05. The number of β-amino-alcohol motifs (C(OH)–C–C–N with tert-alkyl or cyclic N) is 1. The van der Waals surface area contributed by atoms with E-state index in [2.05, 4.69) is 22.4 Å². The van der Waals surface area contributed by atoms with Crippen LogP contribution in [0.5, 0.6) is 0 Å². The fraction of sp³-hybridized carbons (Fsp3) is 0.400. The first-order chi connectivity index (χ1) is 6.34. The predicted molar refractivity (Wildman–Crippen MR) is 54.7 cm³/mol. The summed E-state index contributed by atoms with van der Waals surface area (Å²) in [5.74, 6) is 0. The zero-order valence-corrected chi connectivity index (χ0v) is 8.20. The van der Waals surface area contributed by atoms with Crippen molar-refractivity contribution in [3.63, 3.8) is 0 Å². The molecule has 1 N–H and O–H groups in total. The molecule has 70 valence electrons. The van der Waals surface area contributed by atoms with Crippen molar-refractivity contribution in [1.82, 2.24) is 4.90 Å². The predicted octanol–water partition coefficient (Wildman–Crippen LogP) is 1.48. The van der Waals surface area contributed by atoms with Crippen molar-refractivity contribution in [2.75, 3.05) is 13.1 Å². The van der Waals surface area contributed by atoms with E-state index in [1.807, 2.05) is 12.2 Å². The van der Waals surface area contributed by atoms with Crippen LogP contribution in [0.25, 0.3) is 0 Å². The smallest absolute Gasteiger partial charge is 0.0848 e. The van der Waals surface area contributed by atoms with E-state index in [9.17, 15) is 5.11 Å². The molecular weight excluding hydrogens is 182 g/mol. The molecule has 0 unspecified atom stereocenters. The molecule has 0 saturated carbocycles. The minimum atomic E-state index is -0.284. The molecule has 2 rings (SSSR count). The number of rotatable bonds is 2. The van der Waals surface area contributed by atoms with Gasteiger partial charge in [0.1, 0.15) is 0 Å². The molecule has 2 nitrogen and oxygen atoms in total. The molecule has 0 bridgehead atoms. The highest BCUT2D eigenvalue weighted by Gasteiger charge is 2.12. The second-order valence-corrected chi connectivity index (χ2v) is 4.30. The van der Waals surface area contributed by atoms with Crippen LogP contribution < -0.4 is 0 Å². The standard InChI is InChI=1S/C10H13NOS/c12-9-3-1-5-11(7-9)8-10-4-2-6-13-10/h1-4,6,9,12H,5,7-8H2/t9-/m0/s1. The molecule has 1 aromatic heterocycles. The molecule has 3 heteroatoms. The SMILES string of the molecule is O[C@H]1C=CCN(Cc2cccs2)C1. The molecule has 1 atom stereocenters. The second-order valence-electron chi connectivity index (χ2n) is 3.27. The Labute approximate surface area is 82.1 Å². The molecule has 13 heavy (non-hydrogen) atoms. The van der Waals surface area contributed by atoms with Crippen molar-refractivity contribution in [3.05, 3.63) is 34.5 Å². The summed E-state index contributed by atoms with van der Waals surface area (Å²) in [7, 11) is 0. The lowest BCUT2D eigenvalue weighted by Crippen LogP contribution is -2.34. The van der Waals surface area contributed by atoms with Gasteiger partial charge in [-0.15, -0.1) is 11.3 Å². The molecule has 0 radical (unpaired) electrons. The van der Waals surface area contributed by atoms with Gasteiger partial charge in [0.05, 0.1) is 6.10 Å². The summed E-state index contributed by atoms with van der Waals surface area (Å²) in [6.45, 7) is 2.67. The van der Waals surface area contributed by atoms with Crippen LogP contribution in [0.15, 0.2) is 29.7 Å². The summed E-state index contributed by atoms with van der Waals surface area (Å²) in [6, 6.07) is 4.20. The molecule has 1 aliphatic rings. The van der Waals surface area contributed by atoms with Gasteiger partial charge in [-0.1, -0.05) is 18.2 Å². The maximum Gasteiger partial charge on any atom is 0.0848 e. The normalized spacial score (nSPS) is 23.6. The van der Waals surface area contributed by atoms with Crippen LogP contribution in [0.3, 0.4) is 0 Å². The van der Waals surface area contributed by atoms with Gasteiger partial charge in [0, 0.05) is 24.5 Å². The molecule has 0 saturated heterocycles. The Kier molecular flexibility index (Phi) is 2.78. The van der Waals surface area contributed by atoms with Crippen molar-refractivity contribution in [2.24, 2.45) is 0 Å². The van der Waals surface area contributed by atoms with E-state index < -0.39 is 0 Å². The average molecular weight is 195 g/mol. The molecular formula is C10H13NOS. The maximum absolute atomic E-state index is 9.38. The number of nitrogens with zero attached hydrogens (tertiary/aromatic N) is 1. The monoisotopic (exact) mass is 195 g/mol. The third-order valence-corrected chi connectivity index (χ3v) is 2.99. The molecule has 0 aromatic carbocycles. The summed E-state index contributed by atoms with van der Waals surface area (Å²) in [5, 5.41) is 11.5. The van der Waals surface area contributed by atoms with E-state index >= 15 is 0 Å². The quantitative estimate of drug-likeness (QED) is 0.723. The van der Waals surface area contributed by atoms with Crippen LogP contribution >= 0.6 is 11.3 Å². The Morgan fingerprint density at radius 3 is 3.23 bits per heavy atom. The van der Waals surface area contributed by atoms with E-state index in [0.29, 0.717) is 0 Å². The van der Waals surface area contributed by atoms with Crippen LogP contribution in [0.4, 0.5) is 0 Å². The largest absolute Gasteiger partial charge is 0.388 e. The number of thiophene rings is 1. The number of hydrogen-bond donors (Lipinski definition) is 1. The molecule has 0 spiro atoms. The van der Waals surface area contributed by atoms with Gasteiger partial charge >= 0.3 is 0 Å². The van der Waals surface area contributed by atoms with Gasteiger partial charge in [-0.05, 0) is 11.4 Å². The average Bonchev–Trinajstić information content (AvgIpc) is 2.57. The number of aliphatic hydroxyl groups is 1. The fourth-order valence-electron chi connectivity index (χ4n) is 1.52. The Bertz CT molecular complexity index is 281. The van der Waals surface area contributed by atoms with Gasteiger partial charge in [-0.25, -0.2) is 0 Å². The third kappa shape index (κ3) is 2.40. The first-order valence-electron chi connectivity index (χ1n) is 4.44. The fourth-order valence-corrected chi connectivity index (χ4v) is 2.27. The van der Waals surface area contributed by atoms with Crippen LogP contribution in [-0.4, -0.2) is 29.2 Å². The topological polar surface area (TPSA) is 23.5 Å². The molecule has 0 aliphatic carbocycles. The van der Waals surface area contributed by atoms with Crippen LogP contribution in [0.2, 0.25) is 0 Å². The van der Waals surface area contributed by atoms with E-state index in [1.54, 1.807) is 11.3 Å². The summed E-state index contributed by atoms with van der Waals surface area (Å²) in [6.07, 6.45) is 3.61. The van der Waals surface area contributed by atoms with E-state index in [0.717, 1.165) is 19.6 Å². The Morgan fingerprint density at radius 2 is 2.54 bits per heavy atom. The minimum Gasteiger partial charge on any atom is -0.388 e. The van der Waals surface area contributed by atoms with Crippen LogP contribution in [0.1, 0.15) is 4.88 Å². The van der Waals surface area contributed by atoms with Crippen molar-refractivity contribution in [2.45, 2.75) is 12.6 Å². The van der Waals surface area contributed by atoms with Crippen LogP contribution in [-0.2, 0) is 6.54 Å². The highest BCUT2D eigenvalue weighted by Crippen LogP contribution is 2.13. The summed E-state index contributed by atoms with van der Waals surface area (Å²) in [5.41, 5.74) is 0. The van der Waals surface area contributed by atoms with E-state index in [1.165, 1.54) is 4.88 Å². The number of hydrogen-bond acceptors (Lipinski definition) is 3. The molecule has 0 amide bonds. The first-order valence-corrected chi connectivity index (χ1v) is 5.32. The highest BCUT2D eigenvalue weighted by molar-refractivity contribution is 7.09. The minimum absolute atomic E-state index is 0.284. The summed E-state index contributed by atoms with van der Waals surface area (Å²) in [4.78, 5) is 3.61. The molecule has 2 heterocycles. The Hall–Kier alpha value is -0.640. The zero-order chi connectivity index (χ0) is 9.10. The van der Waals surface area contributed by atoms with Crippen LogP contribution in [0, 0.1) is 0 Å². The van der Waals surface area contributed by atoms with Gasteiger partial charge in [-0.3, -0.25) is 4.90 Å². The van der Waals surface area contributed by atoms with Gasteiger partial charge in [0.2, 0.25) is 0 Å². The summed E-state index contributed by atoms with van der Waals surface area (Å²) < 4.78 is 0. The van der Waals surface area contributed by atoms with Gasteiger partial charge < -0.3 is 5.11 Å². The maximum atomic E-state index is 9.38. The lowest BCUT2D eigenvalue weighted by molar-refractivity contribution is 0.141. The van der Waals surface area contributed by atoms with Crippen molar-refractivity contribution in [3.8, 4) is 0 Å². The Balaban J connectivity index is 1.93. The van der Waals surface area contributed by atoms with E-state index in [-0.39, 0.29) is 6.10 Å².